The first-order valence-corrected chi connectivity index (χ1v) is 6.06. The van der Waals surface area contributed by atoms with E-state index in [0.717, 1.165) is 12.8 Å². The number of nitrogens with zero attached hydrogens (tertiary/aromatic N) is 1. The standard InChI is InChI=1S/C12H22N2O4/c1-12(2,3)14(7-10(15)16)11(17)13-8-5-9(6-8)18-4/h8-9H,5-7H2,1-4H3,(H,13,17)(H,15,16). The molecule has 2 amide bonds. The number of methoxy groups -OCH3 is 1. The van der Waals surface area contributed by atoms with Crippen molar-refractivity contribution in [1.82, 2.24) is 10.2 Å². The van der Waals surface area contributed by atoms with E-state index in [4.69, 9.17) is 9.84 Å². The Labute approximate surface area is 107 Å². The monoisotopic (exact) mass is 258 g/mol. The molecule has 0 bridgehead atoms. The maximum absolute atomic E-state index is 12.0. The van der Waals surface area contributed by atoms with Gasteiger partial charge >= 0.3 is 12.0 Å². The van der Waals surface area contributed by atoms with Crippen LogP contribution in [0.15, 0.2) is 0 Å². The van der Waals surface area contributed by atoms with Crippen LogP contribution in [0, 0.1) is 0 Å². The van der Waals surface area contributed by atoms with E-state index in [0.29, 0.717) is 0 Å². The van der Waals surface area contributed by atoms with Crippen molar-refractivity contribution in [1.29, 1.82) is 0 Å². The first-order chi connectivity index (χ1) is 8.24. The lowest BCUT2D eigenvalue weighted by Crippen LogP contribution is -2.57. The second kappa shape index (κ2) is 5.56. The molecule has 0 aromatic carbocycles. The smallest absolute Gasteiger partial charge is 0.323 e. The number of amides is 2. The third kappa shape index (κ3) is 3.87. The minimum absolute atomic E-state index is 0.0843. The predicted octanol–water partition coefficient (Wildman–Crippen LogP) is 1.06. The van der Waals surface area contributed by atoms with Crippen molar-refractivity contribution in [3.05, 3.63) is 0 Å². The number of carbonyl (C=O) groups is 2. The lowest BCUT2D eigenvalue weighted by atomic mass is 9.89. The van der Waals surface area contributed by atoms with Crippen molar-refractivity contribution < 1.29 is 19.4 Å². The van der Waals surface area contributed by atoms with E-state index in [-0.39, 0.29) is 24.7 Å². The lowest BCUT2D eigenvalue weighted by molar-refractivity contribution is -0.138. The summed E-state index contributed by atoms with van der Waals surface area (Å²) in [5, 5.41) is 11.7. The summed E-state index contributed by atoms with van der Waals surface area (Å²) in [6.07, 6.45) is 1.78. The Morgan fingerprint density at radius 3 is 2.33 bits per heavy atom. The second-order valence-corrected chi connectivity index (χ2v) is 5.63. The fourth-order valence-corrected chi connectivity index (χ4v) is 1.88. The molecular formula is C12H22N2O4. The van der Waals surface area contributed by atoms with E-state index in [2.05, 4.69) is 5.32 Å². The van der Waals surface area contributed by atoms with Gasteiger partial charge in [0, 0.05) is 18.7 Å². The molecule has 2 N–H and O–H groups in total. The number of hydrogen-bond acceptors (Lipinski definition) is 3. The van der Waals surface area contributed by atoms with Crippen molar-refractivity contribution in [3.63, 3.8) is 0 Å². The Morgan fingerprint density at radius 1 is 1.39 bits per heavy atom. The van der Waals surface area contributed by atoms with Crippen LogP contribution in [-0.2, 0) is 9.53 Å². The maximum atomic E-state index is 12.0. The number of carboxylic acids is 1. The number of rotatable bonds is 4. The zero-order valence-corrected chi connectivity index (χ0v) is 11.4. The fourth-order valence-electron chi connectivity index (χ4n) is 1.88. The number of nitrogens with one attached hydrogen (secondary N) is 1. The first-order valence-electron chi connectivity index (χ1n) is 6.06. The van der Waals surface area contributed by atoms with Gasteiger partial charge in [0.25, 0.3) is 0 Å². The largest absolute Gasteiger partial charge is 0.480 e. The van der Waals surface area contributed by atoms with Crippen LogP contribution in [0.25, 0.3) is 0 Å². The molecule has 6 heteroatoms. The summed E-state index contributed by atoms with van der Waals surface area (Å²) < 4.78 is 5.13. The molecule has 0 aliphatic heterocycles. The molecule has 0 radical (unpaired) electrons. The summed E-state index contributed by atoms with van der Waals surface area (Å²) in [5.41, 5.74) is -0.521. The minimum Gasteiger partial charge on any atom is -0.480 e. The van der Waals surface area contributed by atoms with Crippen LogP contribution >= 0.6 is 0 Å². The van der Waals surface area contributed by atoms with Gasteiger partial charge in [-0.1, -0.05) is 0 Å². The fraction of sp³-hybridized carbons (Fsp3) is 0.833. The highest BCUT2D eigenvalue weighted by atomic mass is 16.5. The molecule has 0 atom stereocenters. The molecule has 104 valence electrons. The zero-order chi connectivity index (χ0) is 13.9. The van der Waals surface area contributed by atoms with Gasteiger partial charge in [-0.2, -0.15) is 0 Å². The highest BCUT2D eigenvalue weighted by Gasteiger charge is 2.34. The highest BCUT2D eigenvalue weighted by molar-refractivity contribution is 5.81. The summed E-state index contributed by atoms with van der Waals surface area (Å²) in [6, 6.07) is -0.245. The molecule has 1 saturated carbocycles. The molecule has 1 aliphatic carbocycles. The maximum Gasteiger partial charge on any atom is 0.323 e. The number of hydrogen-bond donors (Lipinski definition) is 2. The minimum atomic E-state index is -1.01. The average molecular weight is 258 g/mol. The highest BCUT2D eigenvalue weighted by Crippen LogP contribution is 2.23. The van der Waals surface area contributed by atoms with Gasteiger partial charge in [0.15, 0.2) is 0 Å². The van der Waals surface area contributed by atoms with E-state index >= 15 is 0 Å². The van der Waals surface area contributed by atoms with Crippen molar-refractivity contribution >= 4 is 12.0 Å². The molecule has 0 aromatic heterocycles. The van der Waals surface area contributed by atoms with Crippen LogP contribution in [0.3, 0.4) is 0 Å². The summed E-state index contributed by atoms with van der Waals surface area (Å²) in [4.78, 5) is 24.1. The summed E-state index contributed by atoms with van der Waals surface area (Å²) >= 11 is 0. The van der Waals surface area contributed by atoms with Gasteiger partial charge in [-0.05, 0) is 33.6 Å². The van der Waals surface area contributed by atoms with Crippen molar-refractivity contribution in [2.45, 2.75) is 51.3 Å². The van der Waals surface area contributed by atoms with Gasteiger partial charge < -0.3 is 20.1 Å². The molecule has 0 aromatic rings. The van der Waals surface area contributed by atoms with Gasteiger partial charge in [-0.3, -0.25) is 4.79 Å². The number of carbonyl (C=O) groups excluding carboxylic acids is 1. The molecule has 1 fully saturated rings. The van der Waals surface area contributed by atoms with Crippen LogP contribution < -0.4 is 5.32 Å². The summed E-state index contributed by atoms with van der Waals surface area (Å²) in [5.74, 6) is -1.01. The zero-order valence-electron chi connectivity index (χ0n) is 11.4. The first kappa shape index (κ1) is 14.8. The van der Waals surface area contributed by atoms with Crippen LogP contribution in [0.4, 0.5) is 4.79 Å². The Morgan fingerprint density at radius 2 is 1.94 bits per heavy atom. The molecule has 0 saturated heterocycles. The number of carboxylic acid groups (broad SMARTS) is 1. The molecule has 1 aliphatic rings. The van der Waals surface area contributed by atoms with E-state index in [1.54, 1.807) is 7.11 Å². The van der Waals surface area contributed by atoms with E-state index in [1.165, 1.54) is 4.90 Å². The predicted molar refractivity (Wildman–Crippen MR) is 66.4 cm³/mol. The van der Waals surface area contributed by atoms with E-state index in [9.17, 15) is 9.59 Å². The lowest BCUT2D eigenvalue weighted by Gasteiger charge is -2.39. The van der Waals surface area contributed by atoms with Crippen molar-refractivity contribution in [2.24, 2.45) is 0 Å². The Kier molecular flexibility index (Phi) is 4.56. The van der Waals surface area contributed by atoms with Gasteiger partial charge in [0.05, 0.1) is 6.10 Å². The molecular weight excluding hydrogens is 236 g/mol. The molecule has 6 nitrogen and oxygen atoms in total. The van der Waals surface area contributed by atoms with E-state index < -0.39 is 11.5 Å². The molecule has 1 rings (SSSR count). The summed E-state index contributed by atoms with van der Waals surface area (Å²) in [7, 11) is 1.65. The molecule has 18 heavy (non-hydrogen) atoms. The quantitative estimate of drug-likeness (QED) is 0.790. The van der Waals surface area contributed by atoms with Crippen LogP contribution in [-0.4, -0.2) is 53.3 Å². The van der Waals surface area contributed by atoms with Crippen molar-refractivity contribution in [3.8, 4) is 0 Å². The van der Waals surface area contributed by atoms with Crippen LogP contribution in [0.2, 0.25) is 0 Å². The molecule has 0 spiro atoms. The third-order valence-electron chi connectivity index (χ3n) is 3.10. The van der Waals surface area contributed by atoms with Crippen molar-refractivity contribution in [2.75, 3.05) is 13.7 Å². The van der Waals surface area contributed by atoms with Crippen LogP contribution in [0.1, 0.15) is 33.6 Å². The third-order valence-corrected chi connectivity index (χ3v) is 3.10. The summed E-state index contributed by atoms with van der Waals surface area (Å²) in [6.45, 7) is 5.15. The SMILES string of the molecule is COC1CC(NC(=O)N(CC(=O)O)C(C)(C)C)C1. The van der Waals surface area contributed by atoms with E-state index in [1.807, 2.05) is 20.8 Å². The Balaban J connectivity index is 2.53. The molecule has 0 unspecified atom stereocenters. The Hall–Kier alpha value is -1.30. The number of aliphatic carboxylic acids is 1. The van der Waals surface area contributed by atoms with Gasteiger partial charge in [-0.15, -0.1) is 0 Å². The number of urea groups is 1. The van der Waals surface area contributed by atoms with Gasteiger partial charge in [-0.25, -0.2) is 4.79 Å². The van der Waals surface area contributed by atoms with Gasteiger partial charge in [0.1, 0.15) is 6.54 Å². The second-order valence-electron chi connectivity index (χ2n) is 5.63. The molecule has 0 heterocycles. The Bertz CT molecular complexity index is 319. The topological polar surface area (TPSA) is 78.9 Å². The van der Waals surface area contributed by atoms with Crippen LogP contribution in [0.5, 0.6) is 0 Å². The van der Waals surface area contributed by atoms with Gasteiger partial charge in [0.2, 0.25) is 0 Å². The average Bonchev–Trinajstić information content (AvgIpc) is 2.17. The number of ether oxygens (including phenoxy) is 1. The normalized spacial score (nSPS) is 23.1.